The molecule has 1 aliphatic rings. The summed E-state index contributed by atoms with van der Waals surface area (Å²) in [4.78, 5) is 0. The van der Waals surface area contributed by atoms with Gasteiger partial charge in [-0.3, -0.25) is 0 Å². The summed E-state index contributed by atoms with van der Waals surface area (Å²) >= 11 is 10.3. The van der Waals surface area contributed by atoms with Crippen molar-refractivity contribution in [2.24, 2.45) is 0 Å². The molecule has 1 aromatic rings. The average molecular weight is 334 g/mol. The lowest BCUT2D eigenvalue weighted by molar-refractivity contribution is 0.505. The van der Waals surface area contributed by atoms with E-state index in [1.54, 1.807) is 12.1 Å². The van der Waals surface area contributed by atoms with Gasteiger partial charge in [0.25, 0.3) is 0 Å². The largest absolute Gasteiger partial charge is 0.309 e. The second-order valence-electron chi connectivity index (χ2n) is 5.01. The molecule has 20 heavy (non-hydrogen) atoms. The minimum Gasteiger partial charge on any atom is -0.309 e. The summed E-state index contributed by atoms with van der Waals surface area (Å²) in [5.74, 6) is 2.13. The number of halogens is 2. The molecule has 0 aliphatic carbocycles. The third kappa shape index (κ3) is 4.06. The summed E-state index contributed by atoms with van der Waals surface area (Å²) in [5, 5.41) is 5.20. The molecule has 2 rings (SSSR count). The minimum atomic E-state index is -0.214. The van der Waals surface area contributed by atoms with Crippen molar-refractivity contribution in [1.29, 1.82) is 0 Å². The van der Waals surface area contributed by atoms with E-state index >= 15 is 0 Å². The van der Waals surface area contributed by atoms with Crippen molar-refractivity contribution in [1.82, 2.24) is 5.32 Å². The van der Waals surface area contributed by atoms with E-state index in [4.69, 9.17) is 11.6 Å². The summed E-state index contributed by atoms with van der Waals surface area (Å²) in [5.41, 5.74) is 0.895. The van der Waals surface area contributed by atoms with Gasteiger partial charge in [0.2, 0.25) is 0 Å². The molecular weight excluding hydrogens is 313 g/mol. The van der Waals surface area contributed by atoms with Crippen LogP contribution < -0.4 is 5.32 Å². The van der Waals surface area contributed by atoms with Crippen LogP contribution in [0.3, 0.4) is 0 Å². The van der Waals surface area contributed by atoms with Crippen LogP contribution in [0.1, 0.15) is 31.9 Å². The highest BCUT2D eigenvalue weighted by molar-refractivity contribution is 8.07. The van der Waals surface area contributed by atoms with Crippen LogP contribution in [0.4, 0.5) is 4.39 Å². The Kier molecular flexibility index (Phi) is 6.53. The standard InChI is InChI=1S/C15H21ClFNS2/c1-3-6-18-14(15-10(2)19-7-8-20-15)12-9-11(17)4-5-13(12)16/h4-5,9-10,14-15,18H,3,6-8H2,1-2H3. The van der Waals surface area contributed by atoms with Gasteiger partial charge in [0.15, 0.2) is 0 Å². The minimum absolute atomic E-state index is 0.117. The summed E-state index contributed by atoms with van der Waals surface area (Å²) in [6, 6.07) is 4.79. The van der Waals surface area contributed by atoms with Gasteiger partial charge in [0, 0.05) is 33.1 Å². The maximum atomic E-state index is 13.6. The molecule has 0 saturated carbocycles. The van der Waals surface area contributed by atoms with Gasteiger partial charge in [0.1, 0.15) is 5.82 Å². The third-order valence-electron chi connectivity index (χ3n) is 3.47. The Morgan fingerprint density at radius 1 is 1.40 bits per heavy atom. The molecule has 1 aliphatic heterocycles. The lowest BCUT2D eigenvalue weighted by atomic mass is 10.0. The molecule has 5 heteroatoms. The molecule has 1 saturated heterocycles. The van der Waals surface area contributed by atoms with Gasteiger partial charge in [-0.1, -0.05) is 25.4 Å². The van der Waals surface area contributed by atoms with Crippen LogP contribution in [0.15, 0.2) is 18.2 Å². The van der Waals surface area contributed by atoms with Crippen LogP contribution in [-0.4, -0.2) is 28.6 Å². The second kappa shape index (κ2) is 7.92. The maximum Gasteiger partial charge on any atom is 0.123 e. The van der Waals surface area contributed by atoms with E-state index in [0.29, 0.717) is 15.5 Å². The fourth-order valence-electron chi connectivity index (χ4n) is 2.47. The molecule has 0 amide bonds. The van der Waals surface area contributed by atoms with Crippen molar-refractivity contribution in [3.05, 3.63) is 34.6 Å². The van der Waals surface area contributed by atoms with E-state index in [1.807, 2.05) is 23.5 Å². The Morgan fingerprint density at radius 3 is 2.85 bits per heavy atom. The van der Waals surface area contributed by atoms with Gasteiger partial charge in [0.05, 0.1) is 0 Å². The van der Waals surface area contributed by atoms with Crippen LogP contribution in [0.2, 0.25) is 5.02 Å². The van der Waals surface area contributed by atoms with Crippen LogP contribution in [0.5, 0.6) is 0 Å². The quantitative estimate of drug-likeness (QED) is 0.834. The summed E-state index contributed by atoms with van der Waals surface area (Å²) < 4.78 is 13.6. The van der Waals surface area contributed by atoms with Crippen molar-refractivity contribution in [2.75, 3.05) is 18.1 Å². The number of nitrogens with one attached hydrogen (secondary N) is 1. The van der Waals surface area contributed by atoms with Crippen LogP contribution in [0, 0.1) is 5.82 Å². The first kappa shape index (κ1) is 16.5. The predicted octanol–water partition coefficient (Wildman–Crippen LogP) is 4.76. The van der Waals surface area contributed by atoms with E-state index in [2.05, 4.69) is 19.2 Å². The molecule has 0 radical (unpaired) electrons. The summed E-state index contributed by atoms with van der Waals surface area (Å²) in [7, 11) is 0. The van der Waals surface area contributed by atoms with E-state index < -0.39 is 0 Å². The van der Waals surface area contributed by atoms with Crippen LogP contribution >= 0.6 is 35.1 Å². The number of hydrogen-bond acceptors (Lipinski definition) is 3. The molecule has 0 aromatic heterocycles. The first-order chi connectivity index (χ1) is 9.63. The topological polar surface area (TPSA) is 12.0 Å². The zero-order valence-electron chi connectivity index (χ0n) is 11.9. The first-order valence-corrected chi connectivity index (χ1v) is 9.52. The Balaban J connectivity index is 2.28. The molecule has 112 valence electrons. The van der Waals surface area contributed by atoms with E-state index in [0.717, 1.165) is 24.3 Å². The van der Waals surface area contributed by atoms with Crippen molar-refractivity contribution in [2.45, 2.75) is 36.8 Å². The summed E-state index contributed by atoms with van der Waals surface area (Å²) in [6.45, 7) is 5.32. The molecule has 3 unspecified atom stereocenters. The van der Waals surface area contributed by atoms with Gasteiger partial charge < -0.3 is 5.32 Å². The van der Waals surface area contributed by atoms with Crippen LogP contribution in [-0.2, 0) is 0 Å². The maximum absolute atomic E-state index is 13.6. The Hall–Kier alpha value is 0.1000. The molecule has 1 heterocycles. The van der Waals surface area contributed by atoms with E-state index in [1.165, 1.54) is 11.8 Å². The van der Waals surface area contributed by atoms with E-state index in [9.17, 15) is 4.39 Å². The first-order valence-electron chi connectivity index (χ1n) is 7.05. The highest BCUT2D eigenvalue weighted by Gasteiger charge is 2.32. The molecule has 1 N–H and O–H groups in total. The SMILES string of the molecule is CCCNC(c1cc(F)ccc1Cl)C1SCCSC1C. The van der Waals surface area contributed by atoms with Gasteiger partial charge in [-0.2, -0.15) is 23.5 Å². The van der Waals surface area contributed by atoms with Gasteiger partial charge in [-0.15, -0.1) is 0 Å². The second-order valence-corrected chi connectivity index (χ2v) is 8.19. The Bertz CT molecular complexity index is 444. The highest BCUT2D eigenvalue weighted by Crippen LogP contribution is 2.40. The van der Waals surface area contributed by atoms with Gasteiger partial charge in [-0.05, 0) is 36.7 Å². The van der Waals surface area contributed by atoms with Crippen LogP contribution in [0.25, 0.3) is 0 Å². The fourth-order valence-corrected chi connectivity index (χ4v) is 5.65. The molecule has 1 nitrogen and oxygen atoms in total. The number of benzene rings is 1. The highest BCUT2D eigenvalue weighted by atomic mass is 35.5. The molecule has 0 bridgehead atoms. The Morgan fingerprint density at radius 2 is 2.15 bits per heavy atom. The zero-order chi connectivity index (χ0) is 14.5. The molecule has 3 atom stereocenters. The van der Waals surface area contributed by atoms with Crippen molar-refractivity contribution < 1.29 is 4.39 Å². The predicted molar refractivity (Wildman–Crippen MR) is 90.6 cm³/mol. The molecule has 0 spiro atoms. The lowest BCUT2D eigenvalue weighted by Gasteiger charge is -2.35. The third-order valence-corrected chi connectivity index (χ3v) is 7.01. The van der Waals surface area contributed by atoms with Crippen molar-refractivity contribution >= 4 is 35.1 Å². The fraction of sp³-hybridized carbons (Fsp3) is 0.600. The number of thioether (sulfide) groups is 2. The van der Waals surface area contributed by atoms with Gasteiger partial charge in [-0.25, -0.2) is 4.39 Å². The molecule has 1 aromatic carbocycles. The summed E-state index contributed by atoms with van der Waals surface area (Å²) in [6.07, 6.45) is 1.06. The smallest absolute Gasteiger partial charge is 0.123 e. The zero-order valence-corrected chi connectivity index (χ0v) is 14.3. The normalized spacial score (nSPS) is 24.6. The monoisotopic (exact) mass is 333 g/mol. The Labute approximate surface area is 134 Å². The number of rotatable bonds is 5. The molecule has 1 fully saturated rings. The van der Waals surface area contributed by atoms with Gasteiger partial charge >= 0.3 is 0 Å². The average Bonchev–Trinajstić information content (AvgIpc) is 2.44. The lowest BCUT2D eigenvalue weighted by Crippen LogP contribution is -2.38. The van der Waals surface area contributed by atoms with E-state index in [-0.39, 0.29) is 11.9 Å². The number of hydrogen-bond donors (Lipinski definition) is 1. The van der Waals surface area contributed by atoms with Crippen molar-refractivity contribution in [3.63, 3.8) is 0 Å². The molecular formula is C15H21ClFNS2. The van der Waals surface area contributed by atoms with Crippen molar-refractivity contribution in [3.8, 4) is 0 Å².